The van der Waals surface area contributed by atoms with Crippen molar-refractivity contribution >= 4 is 35.5 Å². The molecule has 3 aromatic rings. The lowest BCUT2D eigenvalue weighted by atomic mass is 10.0. The number of anilines is 1. The molecule has 5 unspecified atom stereocenters. The number of imidazole rings is 1. The Kier molecular flexibility index (Phi) is 4.27. The molecule has 0 saturated carbocycles. The molecule has 0 spiro atoms. The number of aliphatic hydroxyl groups excluding tert-OH is 1. The van der Waals surface area contributed by atoms with E-state index in [2.05, 4.69) is 32.9 Å². The van der Waals surface area contributed by atoms with Crippen LogP contribution in [0.25, 0.3) is 11.2 Å². The molecule has 1 aromatic carbocycles. The molecule has 5 atom stereocenters. The van der Waals surface area contributed by atoms with E-state index in [0.717, 1.165) is 0 Å². The van der Waals surface area contributed by atoms with Crippen LogP contribution in [-0.4, -0.2) is 54.8 Å². The second kappa shape index (κ2) is 6.82. The van der Waals surface area contributed by atoms with Gasteiger partial charge in [-0.05, 0) is 12.1 Å². The predicted octanol–water partition coefficient (Wildman–Crippen LogP) is 1.24. The summed E-state index contributed by atoms with van der Waals surface area (Å²) in [7, 11) is 0. The highest BCUT2D eigenvalue weighted by atomic mass is 32.1. The number of carbonyl (C=O) groups is 1. The lowest BCUT2D eigenvalue weighted by Crippen LogP contribution is -2.29. The fourth-order valence-corrected chi connectivity index (χ4v) is 4.14. The topological polar surface area (TPSA) is 111 Å². The molecule has 1 amide bonds. The molecular formula is C18H17N5O4S. The first-order valence-corrected chi connectivity index (χ1v) is 9.32. The van der Waals surface area contributed by atoms with Crippen LogP contribution in [0.15, 0.2) is 43.0 Å². The van der Waals surface area contributed by atoms with Gasteiger partial charge in [-0.15, -0.1) is 12.6 Å². The van der Waals surface area contributed by atoms with E-state index in [0.29, 0.717) is 29.2 Å². The van der Waals surface area contributed by atoms with Gasteiger partial charge in [0.05, 0.1) is 25.0 Å². The molecule has 10 heteroatoms. The predicted molar refractivity (Wildman–Crippen MR) is 102 cm³/mol. The van der Waals surface area contributed by atoms with E-state index in [9.17, 15) is 9.90 Å². The molecule has 2 bridgehead atoms. The number of hydrogen-bond donors (Lipinski definition) is 3. The summed E-state index contributed by atoms with van der Waals surface area (Å²) >= 11 is 4.15. The Balaban J connectivity index is 1.46. The molecule has 9 nitrogen and oxygen atoms in total. The van der Waals surface area contributed by atoms with Gasteiger partial charge in [0, 0.05) is 5.56 Å². The van der Waals surface area contributed by atoms with Crippen LogP contribution in [0.3, 0.4) is 0 Å². The van der Waals surface area contributed by atoms with E-state index in [-0.39, 0.29) is 24.0 Å². The minimum atomic E-state index is -0.840. The Morgan fingerprint density at radius 3 is 2.86 bits per heavy atom. The van der Waals surface area contributed by atoms with Crippen LogP contribution >= 0.6 is 12.6 Å². The number of aromatic nitrogens is 4. The zero-order valence-electron chi connectivity index (χ0n) is 14.5. The van der Waals surface area contributed by atoms with Crippen LogP contribution < -0.4 is 5.32 Å². The van der Waals surface area contributed by atoms with Gasteiger partial charge < -0.3 is 19.9 Å². The van der Waals surface area contributed by atoms with Gasteiger partial charge in [0.25, 0.3) is 5.91 Å². The summed E-state index contributed by atoms with van der Waals surface area (Å²) in [5, 5.41) is 12.7. The number of nitrogens with one attached hydrogen (secondary N) is 1. The summed E-state index contributed by atoms with van der Waals surface area (Å²) in [6, 6.07) is 8.86. The first kappa shape index (κ1) is 17.6. The Labute approximate surface area is 165 Å². The Hall–Kier alpha value is -2.53. The third-order valence-corrected chi connectivity index (χ3v) is 5.45. The second-order valence-corrected chi connectivity index (χ2v) is 7.25. The van der Waals surface area contributed by atoms with Crippen LogP contribution in [0.2, 0.25) is 0 Å². The van der Waals surface area contributed by atoms with Gasteiger partial charge >= 0.3 is 0 Å². The summed E-state index contributed by atoms with van der Waals surface area (Å²) in [4.78, 5) is 25.3. The Morgan fingerprint density at radius 1 is 1.29 bits per heavy atom. The van der Waals surface area contributed by atoms with Crippen molar-refractivity contribution in [3.63, 3.8) is 0 Å². The van der Waals surface area contributed by atoms with Crippen molar-refractivity contribution < 1.29 is 19.4 Å². The monoisotopic (exact) mass is 399 g/mol. The number of rotatable bonds is 4. The number of amides is 1. The van der Waals surface area contributed by atoms with E-state index in [4.69, 9.17) is 9.47 Å². The summed E-state index contributed by atoms with van der Waals surface area (Å²) < 4.78 is 13.5. The van der Waals surface area contributed by atoms with Gasteiger partial charge in [-0.25, -0.2) is 15.0 Å². The number of thiol groups is 1. The van der Waals surface area contributed by atoms with Crippen LogP contribution in [0, 0.1) is 5.92 Å². The molecule has 2 aromatic heterocycles. The number of nitrogens with zero attached hydrogens (tertiary/aromatic N) is 4. The normalized spacial score (nSPS) is 27.2. The number of ether oxygens (including phenoxy) is 2. The van der Waals surface area contributed by atoms with Gasteiger partial charge in [-0.3, -0.25) is 9.36 Å². The van der Waals surface area contributed by atoms with E-state index >= 15 is 0 Å². The van der Waals surface area contributed by atoms with Crippen molar-refractivity contribution in [1.29, 1.82) is 0 Å². The SMILES string of the molecule is O=C(Nc1ncnc2c1ncn2C1OC2COC1C2C(O)S)c1ccccc1. The summed E-state index contributed by atoms with van der Waals surface area (Å²) in [5.41, 5.74) is 0.629. The van der Waals surface area contributed by atoms with Crippen LogP contribution in [0.1, 0.15) is 16.6 Å². The minimum absolute atomic E-state index is 0.232. The van der Waals surface area contributed by atoms with Gasteiger partial charge in [0.1, 0.15) is 17.9 Å². The van der Waals surface area contributed by atoms with Crippen molar-refractivity contribution in [2.75, 3.05) is 11.9 Å². The maximum Gasteiger partial charge on any atom is 0.256 e. The van der Waals surface area contributed by atoms with Crippen LogP contribution in [-0.2, 0) is 9.47 Å². The Bertz CT molecular complexity index is 1030. The summed E-state index contributed by atoms with van der Waals surface area (Å²) in [6.45, 7) is 0.420. The van der Waals surface area contributed by atoms with E-state index in [1.165, 1.54) is 6.33 Å². The molecule has 4 heterocycles. The van der Waals surface area contributed by atoms with Crippen molar-refractivity contribution in [2.24, 2.45) is 5.92 Å². The number of benzene rings is 1. The molecular weight excluding hydrogens is 382 g/mol. The minimum Gasteiger partial charge on any atom is -0.382 e. The largest absolute Gasteiger partial charge is 0.382 e. The average Bonchev–Trinajstić information content (AvgIpc) is 3.41. The molecule has 144 valence electrons. The Morgan fingerprint density at radius 2 is 2.11 bits per heavy atom. The first-order valence-electron chi connectivity index (χ1n) is 8.80. The number of fused-ring (bicyclic) bond motifs is 3. The third-order valence-electron chi connectivity index (χ3n) is 5.10. The van der Waals surface area contributed by atoms with Gasteiger partial charge in [0.15, 0.2) is 23.2 Å². The zero-order chi connectivity index (χ0) is 19.3. The van der Waals surface area contributed by atoms with E-state index in [1.807, 2.05) is 6.07 Å². The average molecular weight is 399 g/mol. The van der Waals surface area contributed by atoms with Crippen LogP contribution in [0.4, 0.5) is 5.82 Å². The molecule has 28 heavy (non-hydrogen) atoms. The first-order chi connectivity index (χ1) is 13.6. The second-order valence-electron chi connectivity index (χ2n) is 6.72. The van der Waals surface area contributed by atoms with E-state index < -0.39 is 11.7 Å². The number of carbonyl (C=O) groups excluding carboxylic acids is 1. The van der Waals surface area contributed by atoms with Crippen molar-refractivity contribution in [3.8, 4) is 0 Å². The molecule has 5 rings (SSSR count). The molecule has 2 aliphatic rings. The number of aliphatic hydroxyl groups is 1. The molecule has 0 aliphatic carbocycles. The highest BCUT2D eigenvalue weighted by Crippen LogP contribution is 2.44. The standard InChI is InChI=1S/C18H17N5O4S/c24-16(9-4-2-1-3-5-9)22-14-12-15(20-7-19-14)23(8-21-12)17-13-11(18(25)28)10(27-17)6-26-13/h1-5,7-8,10-11,13,17-18,25,28H,6H2,(H,19,20,22,24). The maximum absolute atomic E-state index is 12.5. The quantitative estimate of drug-likeness (QED) is 0.447. The van der Waals surface area contributed by atoms with Crippen molar-refractivity contribution in [3.05, 3.63) is 48.5 Å². The van der Waals surface area contributed by atoms with Crippen LogP contribution in [0.5, 0.6) is 0 Å². The van der Waals surface area contributed by atoms with Crippen molar-refractivity contribution in [1.82, 2.24) is 19.5 Å². The van der Waals surface area contributed by atoms with Gasteiger partial charge in [-0.2, -0.15) is 0 Å². The third kappa shape index (κ3) is 2.76. The van der Waals surface area contributed by atoms with Gasteiger partial charge in [0.2, 0.25) is 0 Å². The summed E-state index contributed by atoms with van der Waals surface area (Å²) in [5.74, 6) is -0.203. The smallest absolute Gasteiger partial charge is 0.256 e. The summed E-state index contributed by atoms with van der Waals surface area (Å²) in [6.07, 6.45) is 1.86. The molecule has 2 fully saturated rings. The lowest BCUT2D eigenvalue weighted by Gasteiger charge is -2.24. The highest BCUT2D eigenvalue weighted by Gasteiger charge is 2.54. The molecule has 2 aliphatic heterocycles. The molecule has 2 N–H and O–H groups in total. The van der Waals surface area contributed by atoms with Gasteiger partial charge in [-0.1, -0.05) is 18.2 Å². The van der Waals surface area contributed by atoms with E-state index in [1.54, 1.807) is 35.2 Å². The maximum atomic E-state index is 12.5. The fourth-order valence-electron chi connectivity index (χ4n) is 3.78. The van der Waals surface area contributed by atoms with Crippen molar-refractivity contribution in [2.45, 2.75) is 23.9 Å². The highest BCUT2D eigenvalue weighted by molar-refractivity contribution is 7.80. The fraction of sp³-hybridized carbons (Fsp3) is 0.333. The molecule has 0 radical (unpaired) electrons. The molecule has 2 saturated heterocycles. The lowest BCUT2D eigenvalue weighted by molar-refractivity contribution is -0.125. The zero-order valence-corrected chi connectivity index (χ0v) is 15.4. The number of hydrogen-bond acceptors (Lipinski definition) is 8.